The van der Waals surface area contributed by atoms with Crippen molar-refractivity contribution in [2.45, 2.75) is 40.0 Å². The maximum Gasteiger partial charge on any atom is 0.209 e. The number of unbranched alkanes of at least 4 members (excludes halogenated alkanes) is 2. The fourth-order valence-electron chi connectivity index (χ4n) is 2.71. The van der Waals surface area contributed by atoms with Gasteiger partial charge >= 0.3 is 0 Å². The van der Waals surface area contributed by atoms with Crippen molar-refractivity contribution in [1.82, 2.24) is 10.3 Å². The van der Waals surface area contributed by atoms with E-state index >= 15 is 0 Å². The summed E-state index contributed by atoms with van der Waals surface area (Å²) in [5.41, 5.74) is 4.25. The van der Waals surface area contributed by atoms with Crippen molar-refractivity contribution in [3.05, 3.63) is 66.0 Å². The van der Waals surface area contributed by atoms with Gasteiger partial charge in [0.25, 0.3) is 0 Å². The third kappa shape index (κ3) is 6.88. The molecule has 0 amide bonds. The number of benzene rings is 1. The minimum absolute atomic E-state index is 0.419. The standard InChI is InChI=1S/C23H29N5/c1-4-5-6-12-22(20-10-8-13-25-16-20)19-9-7-11-21(14-19)28-23(27-17-24)26-15-18(2)3/h7-14,16,18H,4-6,15H2,1-3H3,(H2,26,27,28). The number of hydrogen-bond acceptors (Lipinski definition) is 3. The van der Waals surface area contributed by atoms with Gasteiger partial charge in [-0.3, -0.25) is 15.3 Å². The number of nitrogens with one attached hydrogen (secondary N) is 2. The van der Waals surface area contributed by atoms with Crippen molar-refractivity contribution in [3.63, 3.8) is 0 Å². The molecule has 5 heteroatoms. The van der Waals surface area contributed by atoms with E-state index in [-0.39, 0.29) is 0 Å². The van der Waals surface area contributed by atoms with Crippen LogP contribution in [0.3, 0.4) is 0 Å². The van der Waals surface area contributed by atoms with Crippen LogP contribution in [-0.2, 0) is 0 Å². The Balaban J connectivity index is 2.31. The number of rotatable bonds is 8. The van der Waals surface area contributed by atoms with E-state index in [2.05, 4.69) is 65.7 Å². The molecule has 5 nitrogen and oxygen atoms in total. The minimum Gasteiger partial charge on any atom is -0.326 e. The van der Waals surface area contributed by atoms with Gasteiger partial charge in [-0.05, 0) is 41.7 Å². The highest BCUT2D eigenvalue weighted by atomic mass is 15.2. The average molecular weight is 376 g/mol. The van der Waals surface area contributed by atoms with E-state index in [4.69, 9.17) is 5.26 Å². The average Bonchev–Trinajstić information content (AvgIpc) is 2.70. The maximum atomic E-state index is 8.99. The van der Waals surface area contributed by atoms with Gasteiger partial charge in [0.1, 0.15) is 0 Å². The van der Waals surface area contributed by atoms with Crippen molar-refractivity contribution < 1.29 is 0 Å². The number of aromatic nitrogens is 1. The van der Waals surface area contributed by atoms with Crippen LogP contribution in [-0.4, -0.2) is 17.5 Å². The molecule has 0 aliphatic heterocycles. The van der Waals surface area contributed by atoms with Crippen LogP contribution >= 0.6 is 0 Å². The number of allylic oxidation sites excluding steroid dienone is 1. The molecule has 0 fully saturated rings. The van der Waals surface area contributed by atoms with Crippen LogP contribution in [0, 0.1) is 17.4 Å². The topological polar surface area (TPSA) is 73.1 Å². The fraction of sp³-hybridized carbons (Fsp3) is 0.348. The molecule has 1 aromatic carbocycles. The summed E-state index contributed by atoms with van der Waals surface area (Å²) in [7, 11) is 0. The second kappa shape index (κ2) is 11.6. The second-order valence-electron chi connectivity index (χ2n) is 7.03. The van der Waals surface area contributed by atoms with Gasteiger partial charge in [0, 0.05) is 30.2 Å². The van der Waals surface area contributed by atoms with E-state index in [1.54, 1.807) is 6.20 Å². The lowest BCUT2D eigenvalue weighted by Crippen LogP contribution is -2.27. The number of anilines is 1. The van der Waals surface area contributed by atoms with Crippen LogP contribution in [0.1, 0.15) is 51.2 Å². The highest BCUT2D eigenvalue weighted by Gasteiger charge is 2.07. The summed E-state index contributed by atoms with van der Waals surface area (Å²) in [6.07, 6.45) is 11.2. The Morgan fingerprint density at radius 1 is 1.25 bits per heavy atom. The quantitative estimate of drug-likeness (QED) is 0.219. The highest BCUT2D eigenvalue weighted by Crippen LogP contribution is 2.26. The van der Waals surface area contributed by atoms with Gasteiger partial charge in [-0.2, -0.15) is 5.26 Å². The molecule has 0 aliphatic rings. The molecule has 28 heavy (non-hydrogen) atoms. The molecule has 2 N–H and O–H groups in total. The van der Waals surface area contributed by atoms with E-state index in [9.17, 15) is 0 Å². The molecule has 0 bridgehead atoms. The summed E-state index contributed by atoms with van der Waals surface area (Å²) in [6.45, 7) is 7.03. The molecule has 1 aromatic heterocycles. The molecule has 146 valence electrons. The summed E-state index contributed by atoms with van der Waals surface area (Å²) in [5, 5.41) is 14.8. The molecule has 0 unspecified atom stereocenters. The zero-order valence-electron chi connectivity index (χ0n) is 16.9. The monoisotopic (exact) mass is 375 g/mol. The Hall–Kier alpha value is -3.13. The second-order valence-corrected chi connectivity index (χ2v) is 7.03. The predicted molar refractivity (Wildman–Crippen MR) is 117 cm³/mol. The number of nitrogens with zero attached hydrogens (tertiary/aromatic N) is 3. The lowest BCUT2D eigenvalue weighted by Gasteiger charge is -2.13. The van der Waals surface area contributed by atoms with Gasteiger partial charge in [-0.1, -0.05) is 57.9 Å². The number of hydrogen-bond donors (Lipinski definition) is 2. The van der Waals surface area contributed by atoms with Gasteiger partial charge in [0.2, 0.25) is 5.96 Å². The van der Waals surface area contributed by atoms with Gasteiger partial charge in [-0.15, -0.1) is 0 Å². The van der Waals surface area contributed by atoms with E-state index in [0.29, 0.717) is 18.4 Å². The Morgan fingerprint density at radius 3 is 2.75 bits per heavy atom. The minimum atomic E-state index is 0.419. The summed E-state index contributed by atoms with van der Waals surface area (Å²) in [5.74, 6) is 0.883. The van der Waals surface area contributed by atoms with Crippen molar-refractivity contribution in [2.24, 2.45) is 10.9 Å². The van der Waals surface area contributed by atoms with Crippen LogP contribution in [0.25, 0.3) is 5.57 Å². The summed E-state index contributed by atoms with van der Waals surface area (Å²) in [4.78, 5) is 8.72. The zero-order valence-corrected chi connectivity index (χ0v) is 16.9. The normalized spacial score (nSPS) is 12.0. The lowest BCUT2D eigenvalue weighted by atomic mass is 9.97. The van der Waals surface area contributed by atoms with E-state index in [0.717, 1.165) is 36.1 Å². The molecule has 0 atom stereocenters. The van der Waals surface area contributed by atoms with Crippen LogP contribution in [0.5, 0.6) is 0 Å². The van der Waals surface area contributed by atoms with E-state index in [1.165, 1.54) is 5.57 Å². The largest absolute Gasteiger partial charge is 0.326 e. The lowest BCUT2D eigenvalue weighted by molar-refractivity contribution is 0.664. The smallest absolute Gasteiger partial charge is 0.209 e. The van der Waals surface area contributed by atoms with Crippen molar-refractivity contribution in [1.29, 1.82) is 5.26 Å². The number of pyridine rings is 1. The number of guanidine groups is 1. The highest BCUT2D eigenvalue weighted by molar-refractivity contribution is 5.95. The molecule has 2 rings (SSSR count). The van der Waals surface area contributed by atoms with Crippen LogP contribution in [0.2, 0.25) is 0 Å². The number of aliphatic imine (C=N–C) groups is 1. The summed E-state index contributed by atoms with van der Waals surface area (Å²) < 4.78 is 0. The van der Waals surface area contributed by atoms with Crippen molar-refractivity contribution >= 4 is 17.2 Å². The van der Waals surface area contributed by atoms with Crippen LogP contribution < -0.4 is 10.6 Å². The Labute approximate surface area is 168 Å². The molecule has 0 saturated heterocycles. The van der Waals surface area contributed by atoms with Crippen LogP contribution in [0.15, 0.2) is 59.9 Å². The van der Waals surface area contributed by atoms with E-state index in [1.807, 2.05) is 30.6 Å². The molecule has 0 aliphatic carbocycles. The third-order valence-electron chi connectivity index (χ3n) is 4.10. The first-order valence-electron chi connectivity index (χ1n) is 9.81. The van der Waals surface area contributed by atoms with Gasteiger partial charge in [-0.25, -0.2) is 0 Å². The molecule has 2 aromatic rings. The van der Waals surface area contributed by atoms with Crippen molar-refractivity contribution in [3.8, 4) is 6.19 Å². The zero-order chi connectivity index (χ0) is 20.2. The Bertz CT molecular complexity index is 832. The van der Waals surface area contributed by atoms with Crippen LogP contribution in [0.4, 0.5) is 5.69 Å². The molecular weight excluding hydrogens is 346 g/mol. The van der Waals surface area contributed by atoms with E-state index < -0.39 is 0 Å². The Kier molecular flexibility index (Phi) is 8.74. The van der Waals surface area contributed by atoms with Crippen molar-refractivity contribution in [2.75, 3.05) is 11.9 Å². The fourth-order valence-corrected chi connectivity index (χ4v) is 2.71. The predicted octanol–water partition coefficient (Wildman–Crippen LogP) is 5.20. The molecule has 0 spiro atoms. The van der Waals surface area contributed by atoms with Gasteiger partial charge in [0.15, 0.2) is 6.19 Å². The molecular formula is C23H29N5. The summed E-state index contributed by atoms with van der Waals surface area (Å²) in [6, 6.07) is 12.2. The number of nitriles is 1. The first-order chi connectivity index (χ1) is 13.6. The Morgan fingerprint density at radius 2 is 2.07 bits per heavy atom. The first-order valence-corrected chi connectivity index (χ1v) is 9.81. The first kappa shape index (κ1) is 21.2. The maximum absolute atomic E-state index is 8.99. The third-order valence-corrected chi connectivity index (χ3v) is 4.10. The molecule has 0 radical (unpaired) electrons. The van der Waals surface area contributed by atoms with Gasteiger partial charge < -0.3 is 5.32 Å². The molecule has 0 saturated carbocycles. The van der Waals surface area contributed by atoms with Gasteiger partial charge in [0.05, 0.1) is 0 Å². The summed E-state index contributed by atoms with van der Waals surface area (Å²) >= 11 is 0. The molecule has 1 heterocycles. The SMILES string of the molecule is CCCCC=C(c1cccnc1)c1cccc(NC(=NCC(C)C)NC#N)c1.